The predicted molar refractivity (Wildman–Crippen MR) is 341 cm³/mol. The van der Waals surface area contributed by atoms with E-state index in [2.05, 4.69) is 55.4 Å². The van der Waals surface area contributed by atoms with Gasteiger partial charge >= 0.3 is 0 Å². The molecule has 6 aromatic rings. The topological polar surface area (TPSA) is 239 Å². The van der Waals surface area contributed by atoms with Gasteiger partial charge in [-0.3, -0.25) is 10.5 Å². The third-order valence-corrected chi connectivity index (χ3v) is 24.8. The number of fused-ring (bicyclic) bond motifs is 9. The molecule has 0 aliphatic heterocycles. The second kappa shape index (κ2) is 23.2. The Labute approximate surface area is 523 Å². The molecule has 11 N–H and O–H groups in total. The average Bonchev–Trinajstić information content (AvgIpc) is 1.64. The molecule has 0 amide bonds. The normalized spacial score (nSPS) is 32.1. The number of rotatable bonds is 18. The zero-order valence-corrected chi connectivity index (χ0v) is 51.9. The highest BCUT2D eigenvalue weighted by atomic mass is 16.5. The van der Waals surface area contributed by atoms with E-state index in [4.69, 9.17) is 15.2 Å². The highest BCUT2D eigenvalue weighted by Crippen LogP contribution is 2.78. The molecule has 0 saturated heterocycles. The number of nitrogens with two attached hydrogens (primary N) is 1. The quantitative estimate of drug-likeness (QED) is 0.0286. The van der Waals surface area contributed by atoms with E-state index in [0.29, 0.717) is 55.9 Å². The Morgan fingerprint density at radius 1 is 0.775 bits per heavy atom. The fraction of sp³-hybridized carbons (Fsp3) is 0.539. The first kappa shape index (κ1) is 59.9. The number of hydrogen-bond acceptors (Lipinski definition) is 12. The van der Waals surface area contributed by atoms with Crippen LogP contribution in [0, 0.1) is 52.8 Å². The Morgan fingerprint density at radius 2 is 1.60 bits per heavy atom. The van der Waals surface area contributed by atoms with E-state index in [-0.39, 0.29) is 106 Å². The van der Waals surface area contributed by atoms with Gasteiger partial charge in [0, 0.05) is 58.7 Å². The number of hydrogen-bond donors (Lipinski definition) is 10. The lowest BCUT2D eigenvalue weighted by Gasteiger charge is -2.56. The molecule has 13 heteroatoms. The molecule has 9 aliphatic rings. The van der Waals surface area contributed by atoms with Crippen LogP contribution < -0.4 is 15.2 Å². The SMILES string of the molecule is CC(C)CCC1CCCC1(Oc1c(O)c(O)cc2c1C1CC3C(Cc4ccc(O)cc4O)CC(C(=O)CCc4ccc(O)c(OCN)c4)C(O)C3C2C(C23CCC4(CCC(CCC5(O)CCCC5)C4)C2c2cc[nH]c2-c2ccccc23)C1)c1cccc(O)c1. The van der Waals surface area contributed by atoms with Crippen LogP contribution in [0.4, 0.5) is 0 Å². The van der Waals surface area contributed by atoms with Gasteiger partial charge in [-0.25, -0.2) is 0 Å². The minimum absolute atomic E-state index is 0.0274. The van der Waals surface area contributed by atoms with Crippen molar-refractivity contribution in [2.75, 3.05) is 6.73 Å². The van der Waals surface area contributed by atoms with Crippen LogP contribution in [0.2, 0.25) is 0 Å². The van der Waals surface area contributed by atoms with E-state index in [1.54, 1.807) is 42.5 Å². The van der Waals surface area contributed by atoms with Gasteiger partial charge in [-0.2, -0.15) is 0 Å². The number of ketones is 1. The van der Waals surface area contributed by atoms with Crippen LogP contribution in [0.25, 0.3) is 11.3 Å². The maximum absolute atomic E-state index is 15.6. The van der Waals surface area contributed by atoms with E-state index in [1.165, 1.54) is 22.8 Å². The summed E-state index contributed by atoms with van der Waals surface area (Å²) in [5.74, 6) is -1.93. The van der Waals surface area contributed by atoms with Crippen molar-refractivity contribution in [2.45, 2.75) is 196 Å². The summed E-state index contributed by atoms with van der Waals surface area (Å²) in [7, 11) is 0. The molecule has 1 spiro atoms. The molecule has 1 aromatic heterocycles. The number of aryl methyl sites for hydroxylation is 1. The van der Waals surface area contributed by atoms with Crippen molar-refractivity contribution in [3.05, 3.63) is 142 Å². The lowest BCUT2D eigenvalue weighted by molar-refractivity contribution is -0.136. The molecular formula is C76H92N2O11. The number of H-pyrrole nitrogens is 1. The van der Waals surface area contributed by atoms with Gasteiger partial charge in [0.05, 0.1) is 11.7 Å². The molecule has 14 unspecified atom stereocenters. The summed E-state index contributed by atoms with van der Waals surface area (Å²) in [6.45, 7) is 4.33. The number of phenolic OH excluding ortho intramolecular Hbond substituents is 6. The zero-order chi connectivity index (χ0) is 61.7. The standard InChI is InChI=1S/C76H92N2O11/c1-43(2)14-18-49-10-8-27-76(49,50-9-7-11-51(79)38-50)89-71-65-48-36-55-47(34-46-17-19-52(80)39-62(46)83)35-56(60(81)20-15-44-16-21-61(82)64(33-44)88-42-77)69(85)67(55)66(57(65)40-63(84)70(71)86)59(37-48)75-31-30-73(28-22-45(41-73)23-29-74(87)25-5-6-26-74)72(75)54-24-32-78-68(54)53-12-3-4-13-58(53)75/h3-4,7,9,11-13,16-17,19,21,24,32-33,38-40,43,45,47-49,55-56,59,66-67,69,72,78-80,82-87H,5-6,8,10,14-15,18,20,22-23,25-31,34-37,41-42,77H2,1-2H3. The molecule has 15 rings (SSSR count). The van der Waals surface area contributed by atoms with Crippen molar-refractivity contribution < 1.29 is 55.1 Å². The number of aliphatic hydroxyl groups excluding tert-OH is 1. The fourth-order valence-electron chi connectivity index (χ4n) is 21.0. The number of ether oxygens (including phenoxy) is 2. The van der Waals surface area contributed by atoms with Crippen LogP contribution in [-0.2, 0) is 28.7 Å². The van der Waals surface area contributed by atoms with Gasteiger partial charge < -0.3 is 55.3 Å². The molecule has 6 fully saturated rings. The number of aliphatic hydroxyl groups is 2. The number of phenols is 6. The molecule has 472 valence electrons. The molecule has 0 radical (unpaired) electrons. The molecule has 5 aromatic carbocycles. The minimum atomic E-state index is -1.14. The number of Topliss-reactive ketones (excluding diaryl/α,β-unsaturated/α-hetero) is 1. The lowest BCUT2D eigenvalue weighted by atomic mass is 9.47. The lowest BCUT2D eigenvalue weighted by Crippen LogP contribution is -2.53. The van der Waals surface area contributed by atoms with Crippen molar-refractivity contribution in [1.29, 1.82) is 0 Å². The molecular weight excluding hydrogens is 1120 g/mol. The Balaban J connectivity index is 0.958. The summed E-state index contributed by atoms with van der Waals surface area (Å²) in [6.07, 6.45) is 18.5. The van der Waals surface area contributed by atoms with Crippen LogP contribution in [0.15, 0.2) is 103 Å². The monoisotopic (exact) mass is 1210 g/mol. The van der Waals surface area contributed by atoms with Gasteiger partial charge in [0.2, 0.25) is 5.75 Å². The number of carbonyl (C=O) groups is 1. The molecule has 89 heavy (non-hydrogen) atoms. The third kappa shape index (κ3) is 10.2. The highest BCUT2D eigenvalue weighted by molar-refractivity contribution is 5.82. The van der Waals surface area contributed by atoms with Gasteiger partial charge in [-0.1, -0.05) is 81.6 Å². The van der Waals surface area contributed by atoms with Crippen molar-refractivity contribution in [1.82, 2.24) is 4.98 Å². The van der Waals surface area contributed by atoms with Crippen LogP contribution in [0.3, 0.4) is 0 Å². The average molecular weight is 1210 g/mol. The second-order valence-corrected chi connectivity index (χ2v) is 29.7. The minimum Gasteiger partial charge on any atom is -0.508 e. The van der Waals surface area contributed by atoms with Crippen LogP contribution in [0.1, 0.15) is 199 Å². The number of aromatic amines is 1. The number of aromatic hydroxyl groups is 6. The van der Waals surface area contributed by atoms with Gasteiger partial charge in [0.15, 0.2) is 23.0 Å². The summed E-state index contributed by atoms with van der Waals surface area (Å²) in [5.41, 5.74) is 12.6. The first-order chi connectivity index (χ1) is 42.9. The van der Waals surface area contributed by atoms with Crippen molar-refractivity contribution in [3.63, 3.8) is 0 Å². The molecule has 2 bridgehead atoms. The molecule has 14 atom stereocenters. The number of aromatic nitrogens is 1. The van der Waals surface area contributed by atoms with E-state index in [1.807, 2.05) is 18.2 Å². The number of benzene rings is 5. The first-order valence-electron chi connectivity index (χ1n) is 33.9. The van der Waals surface area contributed by atoms with Gasteiger partial charge in [-0.05, 0) is 244 Å². The maximum atomic E-state index is 15.6. The maximum Gasteiger partial charge on any atom is 0.200 e. The van der Waals surface area contributed by atoms with Gasteiger partial charge in [0.1, 0.15) is 35.4 Å². The summed E-state index contributed by atoms with van der Waals surface area (Å²) < 4.78 is 13.4. The highest BCUT2D eigenvalue weighted by Gasteiger charge is 2.69. The van der Waals surface area contributed by atoms with Crippen LogP contribution >= 0.6 is 0 Å². The van der Waals surface area contributed by atoms with Crippen molar-refractivity contribution in [3.8, 4) is 57.3 Å². The molecule has 1 heterocycles. The summed E-state index contributed by atoms with van der Waals surface area (Å²) in [5, 5.41) is 95.5. The summed E-state index contributed by atoms with van der Waals surface area (Å²) in [6, 6.07) is 30.3. The fourth-order valence-corrected chi connectivity index (χ4v) is 21.0. The largest absolute Gasteiger partial charge is 0.508 e. The molecule has 13 nitrogen and oxygen atoms in total. The van der Waals surface area contributed by atoms with Gasteiger partial charge in [0.25, 0.3) is 0 Å². The van der Waals surface area contributed by atoms with Crippen molar-refractivity contribution >= 4 is 5.78 Å². The first-order valence-corrected chi connectivity index (χ1v) is 33.9. The van der Waals surface area contributed by atoms with Gasteiger partial charge in [-0.15, -0.1) is 0 Å². The van der Waals surface area contributed by atoms with E-state index in [0.717, 1.165) is 124 Å². The number of nitrogens with one attached hydrogen (secondary N) is 1. The van der Waals surface area contributed by atoms with E-state index >= 15 is 4.79 Å². The Morgan fingerprint density at radius 3 is 2.39 bits per heavy atom. The third-order valence-electron chi connectivity index (χ3n) is 24.8. The van der Waals surface area contributed by atoms with E-state index in [9.17, 15) is 40.9 Å². The zero-order valence-electron chi connectivity index (χ0n) is 51.9. The Kier molecular flexibility index (Phi) is 15.6. The Bertz CT molecular complexity index is 3630. The smallest absolute Gasteiger partial charge is 0.200 e. The number of carbonyl (C=O) groups excluding carboxylic acids is 1. The molecule has 9 aliphatic carbocycles. The predicted octanol–water partition coefficient (Wildman–Crippen LogP) is 14.7. The van der Waals surface area contributed by atoms with Crippen LogP contribution in [0.5, 0.6) is 46.0 Å². The van der Waals surface area contributed by atoms with Crippen molar-refractivity contribution in [2.24, 2.45) is 58.5 Å². The summed E-state index contributed by atoms with van der Waals surface area (Å²) >= 11 is 0. The molecule has 6 saturated carbocycles. The second-order valence-electron chi connectivity index (χ2n) is 29.7. The van der Waals surface area contributed by atoms with E-state index < -0.39 is 40.5 Å². The Hall–Kier alpha value is -6.67. The summed E-state index contributed by atoms with van der Waals surface area (Å²) in [4.78, 5) is 19.3. The van der Waals surface area contributed by atoms with Crippen LogP contribution in [-0.4, -0.2) is 70.1 Å².